The van der Waals surface area contributed by atoms with Gasteiger partial charge in [0.2, 0.25) is 0 Å². The normalized spacial score (nSPS) is 10.7. The SMILES string of the molecule is CCNC(=O)c1ccc(-n2cc(C(=O)N(C)OC)nn2)c(OCCCCCCF)c1. The van der Waals surface area contributed by atoms with Gasteiger partial charge in [0.05, 0.1) is 26.6 Å². The molecule has 2 rings (SSSR count). The summed E-state index contributed by atoms with van der Waals surface area (Å²) >= 11 is 0. The molecule has 1 N–H and O–H groups in total. The van der Waals surface area contributed by atoms with Crippen LogP contribution >= 0.6 is 0 Å². The Morgan fingerprint density at radius 1 is 1.23 bits per heavy atom. The molecule has 0 spiro atoms. The zero-order valence-corrected chi connectivity index (χ0v) is 17.6. The minimum atomic E-state index is -0.446. The molecule has 1 heterocycles. The molecule has 0 aliphatic carbocycles. The van der Waals surface area contributed by atoms with Crippen LogP contribution in [0.5, 0.6) is 5.75 Å². The van der Waals surface area contributed by atoms with Gasteiger partial charge in [0.1, 0.15) is 11.4 Å². The molecule has 0 atom stereocenters. The number of carbonyl (C=O) groups excluding carboxylic acids is 2. The van der Waals surface area contributed by atoms with Gasteiger partial charge in [-0.25, -0.2) is 9.75 Å². The first kappa shape index (κ1) is 23.3. The average molecular weight is 421 g/mol. The third-order valence-corrected chi connectivity index (χ3v) is 4.36. The van der Waals surface area contributed by atoms with Crippen molar-refractivity contribution in [3.8, 4) is 11.4 Å². The fourth-order valence-electron chi connectivity index (χ4n) is 2.68. The minimum Gasteiger partial charge on any atom is -0.491 e. The number of unbranched alkanes of at least 4 members (excludes halogenated alkanes) is 3. The van der Waals surface area contributed by atoms with Crippen LogP contribution in [0.25, 0.3) is 5.69 Å². The number of nitrogens with zero attached hydrogens (tertiary/aromatic N) is 4. The molecule has 1 aromatic heterocycles. The van der Waals surface area contributed by atoms with E-state index in [0.717, 1.165) is 24.3 Å². The van der Waals surface area contributed by atoms with Crippen LogP contribution in [0.15, 0.2) is 24.4 Å². The van der Waals surface area contributed by atoms with E-state index in [9.17, 15) is 14.0 Å². The number of halogens is 1. The van der Waals surface area contributed by atoms with Gasteiger partial charge in [-0.15, -0.1) is 5.10 Å². The summed E-state index contributed by atoms with van der Waals surface area (Å²) in [7, 11) is 2.85. The van der Waals surface area contributed by atoms with Crippen LogP contribution in [-0.2, 0) is 4.84 Å². The average Bonchev–Trinajstić information content (AvgIpc) is 3.25. The van der Waals surface area contributed by atoms with Crippen molar-refractivity contribution >= 4 is 11.8 Å². The summed E-state index contributed by atoms with van der Waals surface area (Å²) in [4.78, 5) is 29.3. The largest absolute Gasteiger partial charge is 0.491 e. The van der Waals surface area contributed by atoms with Gasteiger partial charge in [-0.2, -0.15) is 0 Å². The Hall–Kier alpha value is -3.01. The van der Waals surface area contributed by atoms with Gasteiger partial charge in [0.15, 0.2) is 5.69 Å². The molecule has 2 amide bonds. The van der Waals surface area contributed by atoms with Crippen molar-refractivity contribution in [1.82, 2.24) is 25.4 Å². The number of aromatic nitrogens is 3. The van der Waals surface area contributed by atoms with Crippen LogP contribution in [0, 0.1) is 0 Å². The van der Waals surface area contributed by atoms with Crippen molar-refractivity contribution in [2.45, 2.75) is 32.6 Å². The Bertz CT molecular complexity index is 842. The van der Waals surface area contributed by atoms with E-state index >= 15 is 0 Å². The zero-order chi connectivity index (χ0) is 21.9. The fourth-order valence-corrected chi connectivity index (χ4v) is 2.68. The van der Waals surface area contributed by atoms with Crippen molar-refractivity contribution in [2.75, 3.05) is 34.0 Å². The van der Waals surface area contributed by atoms with Crippen LogP contribution in [-0.4, -0.2) is 65.9 Å². The Morgan fingerprint density at radius 2 is 2.00 bits per heavy atom. The molecule has 0 saturated carbocycles. The van der Waals surface area contributed by atoms with Gasteiger partial charge >= 0.3 is 0 Å². The first-order valence-electron chi connectivity index (χ1n) is 9.87. The molecule has 10 heteroatoms. The van der Waals surface area contributed by atoms with Crippen molar-refractivity contribution in [3.63, 3.8) is 0 Å². The van der Waals surface area contributed by atoms with Crippen LogP contribution in [0.3, 0.4) is 0 Å². The van der Waals surface area contributed by atoms with E-state index in [1.165, 1.54) is 25.0 Å². The maximum atomic E-state index is 12.2. The molecule has 164 valence electrons. The van der Waals surface area contributed by atoms with E-state index in [0.29, 0.717) is 36.6 Å². The van der Waals surface area contributed by atoms with Crippen LogP contribution in [0.1, 0.15) is 53.5 Å². The summed E-state index contributed by atoms with van der Waals surface area (Å²) in [5.41, 5.74) is 1.09. The zero-order valence-electron chi connectivity index (χ0n) is 17.6. The van der Waals surface area contributed by atoms with E-state index in [-0.39, 0.29) is 18.3 Å². The molecule has 0 unspecified atom stereocenters. The number of rotatable bonds is 12. The lowest BCUT2D eigenvalue weighted by Crippen LogP contribution is -2.25. The topological polar surface area (TPSA) is 98.6 Å². The molecule has 30 heavy (non-hydrogen) atoms. The lowest BCUT2D eigenvalue weighted by molar-refractivity contribution is -0.0760. The molecule has 9 nitrogen and oxygen atoms in total. The summed E-state index contributed by atoms with van der Waals surface area (Å²) in [5.74, 6) is -0.223. The Kier molecular flexibility index (Phi) is 9.20. The Labute approximate surface area is 175 Å². The first-order chi connectivity index (χ1) is 14.5. The highest BCUT2D eigenvalue weighted by Crippen LogP contribution is 2.25. The molecule has 0 fully saturated rings. The summed E-state index contributed by atoms with van der Waals surface area (Å²) in [6.45, 7) is 2.44. The number of hydroxylamine groups is 2. The molecule has 1 aromatic carbocycles. The first-order valence-corrected chi connectivity index (χ1v) is 9.87. The highest BCUT2D eigenvalue weighted by atomic mass is 19.1. The van der Waals surface area contributed by atoms with Crippen LogP contribution < -0.4 is 10.1 Å². The number of hydrogen-bond donors (Lipinski definition) is 1. The lowest BCUT2D eigenvalue weighted by atomic mass is 10.1. The van der Waals surface area contributed by atoms with E-state index in [4.69, 9.17) is 9.57 Å². The number of hydrogen-bond acceptors (Lipinski definition) is 6. The number of alkyl halides is 1. The van der Waals surface area contributed by atoms with Crippen LogP contribution in [0.4, 0.5) is 4.39 Å². The second-order valence-corrected chi connectivity index (χ2v) is 6.53. The lowest BCUT2D eigenvalue weighted by Gasteiger charge is -2.13. The summed E-state index contributed by atoms with van der Waals surface area (Å²) in [6, 6.07) is 4.97. The second-order valence-electron chi connectivity index (χ2n) is 6.53. The quantitative estimate of drug-likeness (QED) is 0.418. The third-order valence-electron chi connectivity index (χ3n) is 4.36. The molecule has 0 aliphatic rings. The smallest absolute Gasteiger partial charge is 0.299 e. The van der Waals surface area contributed by atoms with Crippen molar-refractivity contribution in [3.05, 3.63) is 35.7 Å². The molecule has 0 radical (unpaired) electrons. The molecule has 0 bridgehead atoms. The van der Waals surface area contributed by atoms with Gasteiger partial charge in [0.25, 0.3) is 11.8 Å². The highest BCUT2D eigenvalue weighted by molar-refractivity contribution is 5.95. The van der Waals surface area contributed by atoms with Crippen LogP contribution in [0.2, 0.25) is 0 Å². The third kappa shape index (κ3) is 6.24. The van der Waals surface area contributed by atoms with Gasteiger partial charge < -0.3 is 10.1 Å². The van der Waals surface area contributed by atoms with Gasteiger partial charge in [-0.05, 0) is 44.4 Å². The minimum absolute atomic E-state index is 0.101. The summed E-state index contributed by atoms with van der Waals surface area (Å²) < 4.78 is 19.5. The Morgan fingerprint density at radius 3 is 2.70 bits per heavy atom. The van der Waals surface area contributed by atoms with Crippen molar-refractivity contribution < 1.29 is 23.6 Å². The van der Waals surface area contributed by atoms with E-state index < -0.39 is 5.91 Å². The second kappa shape index (κ2) is 11.9. The molecular weight excluding hydrogens is 393 g/mol. The number of ether oxygens (including phenoxy) is 1. The van der Waals surface area contributed by atoms with E-state index in [2.05, 4.69) is 15.6 Å². The summed E-state index contributed by atoms with van der Waals surface area (Å²) in [6.07, 6.45) is 4.41. The predicted molar refractivity (Wildman–Crippen MR) is 108 cm³/mol. The van der Waals surface area contributed by atoms with E-state index in [1.54, 1.807) is 18.2 Å². The standard InChI is InChI=1S/C20H28FN5O4/c1-4-22-19(27)15-9-10-17(18(13-15)30-12-8-6-5-7-11-21)26-14-16(23-24-26)20(28)25(2)29-3/h9-10,13-14H,4-8,11-12H2,1-3H3,(H,22,27). The van der Waals surface area contributed by atoms with Gasteiger partial charge in [-0.3, -0.25) is 18.8 Å². The van der Waals surface area contributed by atoms with Gasteiger partial charge in [0, 0.05) is 19.2 Å². The monoisotopic (exact) mass is 421 g/mol. The molecule has 0 saturated heterocycles. The Balaban J connectivity index is 2.23. The summed E-state index contributed by atoms with van der Waals surface area (Å²) in [5, 5.41) is 11.7. The number of amides is 2. The number of carbonyl (C=O) groups is 2. The van der Waals surface area contributed by atoms with E-state index in [1.807, 2.05) is 6.92 Å². The maximum Gasteiger partial charge on any atom is 0.299 e. The highest BCUT2D eigenvalue weighted by Gasteiger charge is 2.18. The van der Waals surface area contributed by atoms with Crippen molar-refractivity contribution in [1.29, 1.82) is 0 Å². The predicted octanol–water partition coefficient (Wildman–Crippen LogP) is 2.56. The number of nitrogens with one attached hydrogen (secondary N) is 1. The molecule has 0 aliphatic heterocycles. The van der Waals surface area contributed by atoms with Gasteiger partial charge in [-0.1, -0.05) is 11.6 Å². The fraction of sp³-hybridized carbons (Fsp3) is 0.500. The molecular formula is C20H28FN5O4. The molecule has 2 aromatic rings. The number of benzene rings is 1. The maximum absolute atomic E-state index is 12.2. The van der Waals surface area contributed by atoms with Crippen molar-refractivity contribution in [2.24, 2.45) is 0 Å².